The average molecular weight is 228 g/mol. The molecule has 0 aliphatic rings. The van der Waals surface area contributed by atoms with E-state index in [9.17, 15) is 0 Å². The van der Waals surface area contributed by atoms with E-state index in [0.29, 0.717) is 12.0 Å². The topological polar surface area (TPSA) is 24.5 Å². The normalized spacial score (nSPS) is 13.4. The van der Waals surface area contributed by atoms with Gasteiger partial charge in [-0.2, -0.15) is 0 Å². The third-order valence-electron chi connectivity index (χ3n) is 2.79. The highest BCUT2D eigenvalue weighted by Crippen LogP contribution is 2.10. The molecule has 3 nitrogen and oxygen atoms in total. The van der Waals surface area contributed by atoms with Crippen LogP contribution in [-0.4, -0.2) is 50.8 Å². The molecule has 1 unspecified atom stereocenters. The highest BCUT2D eigenvalue weighted by Gasteiger charge is 2.19. The van der Waals surface area contributed by atoms with Gasteiger partial charge >= 0.3 is 0 Å². The molecule has 0 rings (SSSR count). The highest BCUT2D eigenvalue weighted by atomic mass is 16.5. The lowest BCUT2D eigenvalue weighted by molar-refractivity contribution is 0.109. The summed E-state index contributed by atoms with van der Waals surface area (Å²) < 4.78 is 5.16. The quantitative estimate of drug-likeness (QED) is 0.577. The summed E-state index contributed by atoms with van der Waals surface area (Å²) in [7, 11) is 1.75. The molecule has 0 aromatic heterocycles. The standard InChI is InChI=1S/C13H28N2O/c1-6-8-15(9-10-16-5)13(12(3)4)11-14-7-2/h6,12-14H,1,7-11H2,2-5H3. The summed E-state index contributed by atoms with van der Waals surface area (Å²) >= 11 is 0. The van der Waals surface area contributed by atoms with E-state index in [1.54, 1.807) is 7.11 Å². The first kappa shape index (κ1) is 15.6. The molecule has 0 aromatic carbocycles. The Hall–Kier alpha value is -0.380. The van der Waals surface area contributed by atoms with Crippen LogP contribution in [0.1, 0.15) is 20.8 Å². The van der Waals surface area contributed by atoms with Crippen LogP contribution in [0.5, 0.6) is 0 Å². The maximum Gasteiger partial charge on any atom is 0.0589 e. The second-order valence-electron chi connectivity index (χ2n) is 4.40. The predicted octanol–water partition coefficient (Wildman–Crippen LogP) is 1.75. The van der Waals surface area contributed by atoms with E-state index in [2.05, 4.69) is 37.6 Å². The van der Waals surface area contributed by atoms with E-state index in [0.717, 1.165) is 32.8 Å². The van der Waals surface area contributed by atoms with Gasteiger partial charge in [-0.15, -0.1) is 6.58 Å². The summed E-state index contributed by atoms with van der Waals surface area (Å²) in [5.74, 6) is 0.635. The Morgan fingerprint density at radius 3 is 2.56 bits per heavy atom. The minimum absolute atomic E-state index is 0.549. The van der Waals surface area contributed by atoms with E-state index in [4.69, 9.17) is 4.74 Å². The molecule has 1 atom stereocenters. The van der Waals surface area contributed by atoms with Gasteiger partial charge in [-0.05, 0) is 12.5 Å². The molecule has 1 N–H and O–H groups in total. The summed E-state index contributed by atoms with van der Waals surface area (Å²) in [5, 5.41) is 3.43. The van der Waals surface area contributed by atoms with Gasteiger partial charge in [0.2, 0.25) is 0 Å². The first-order valence-corrected chi connectivity index (χ1v) is 6.21. The van der Waals surface area contributed by atoms with Crippen LogP contribution in [0, 0.1) is 5.92 Å². The summed E-state index contributed by atoms with van der Waals surface area (Å²) in [6.45, 7) is 15.2. The molecule has 0 heterocycles. The van der Waals surface area contributed by atoms with E-state index in [-0.39, 0.29) is 0 Å². The van der Waals surface area contributed by atoms with Crippen molar-refractivity contribution in [1.29, 1.82) is 0 Å². The Labute approximate surface area is 101 Å². The highest BCUT2D eigenvalue weighted by molar-refractivity contribution is 4.82. The third-order valence-corrected chi connectivity index (χ3v) is 2.79. The van der Waals surface area contributed by atoms with Crippen molar-refractivity contribution >= 4 is 0 Å². The first-order chi connectivity index (χ1) is 7.67. The molecule has 0 saturated carbocycles. The Bertz CT molecular complexity index is 171. The minimum Gasteiger partial charge on any atom is -0.383 e. The van der Waals surface area contributed by atoms with Gasteiger partial charge in [-0.1, -0.05) is 26.8 Å². The molecule has 3 heteroatoms. The van der Waals surface area contributed by atoms with Crippen LogP contribution < -0.4 is 5.32 Å². The Kier molecular flexibility index (Phi) is 9.59. The lowest BCUT2D eigenvalue weighted by Crippen LogP contribution is -2.47. The Morgan fingerprint density at radius 1 is 1.44 bits per heavy atom. The van der Waals surface area contributed by atoms with Gasteiger partial charge in [-0.3, -0.25) is 4.90 Å². The van der Waals surface area contributed by atoms with Gasteiger partial charge in [0, 0.05) is 32.8 Å². The second kappa shape index (κ2) is 9.82. The maximum absolute atomic E-state index is 5.16. The molecule has 0 spiro atoms. The van der Waals surface area contributed by atoms with Crippen molar-refractivity contribution in [3.05, 3.63) is 12.7 Å². The van der Waals surface area contributed by atoms with E-state index in [1.807, 2.05) is 6.08 Å². The maximum atomic E-state index is 5.16. The minimum atomic E-state index is 0.549. The Morgan fingerprint density at radius 2 is 2.12 bits per heavy atom. The van der Waals surface area contributed by atoms with Gasteiger partial charge in [-0.25, -0.2) is 0 Å². The van der Waals surface area contributed by atoms with E-state index < -0.39 is 0 Å². The van der Waals surface area contributed by atoms with Crippen molar-refractivity contribution in [2.24, 2.45) is 5.92 Å². The molecular weight excluding hydrogens is 200 g/mol. The SMILES string of the molecule is C=CCN(CCOC)C(CNCC)C(C)C. The number of methoxy groups -OCH3 is 1. The van der Waals surface area contributed by atoms with Crippen LogP contribution in [-0.2, 0) is 4.74 Å². The van der Waals surface area contributed by atoms with E-state index >= 15 is 0 Å². The van der Waals surface area contributed by atoms with Crippen molar-refractivity contribution in [2.75, 3.05) is 39.9 Å². The number of hydrogen-bond donors (Lipinski definition) is 1. The fourth-order valence-electron chi connectivity index (χ4n) is 1.85. The monoisotopic (exact) mass is 228 g/mol. The summed E-state index contributed by atoms with van der Waals surface area (Å²) in [4.78, 5) is 2.43. The fraction of sp³-hybridized carbons (Fsp3) is 0.846. The molecule has 0 amide bonds. The zero-order valence-electron chi connectivity index (χ0n) is 11.3. The predicted molar refractivity (Wildman–Crippen MR) is 70.8 cm³/mol. The molecule has 0 radical (unpaired) electrons. The molecular formula is C13H28N2O. The number of rotatable bonds is 10. The molecule has 0 aromatic rings. The van der Waals surface area contributed by atoms with Crippen LogP contribution >= 0.6 is 0 Å². The number of hydrogen-bond acceptors (Lipinski definition) is 3. The van der Waals surface area contributed by atoms with Crippen molar-refractivity contribution in [3.63, 3.8) is 0 Å². The Balaban J connectivity index is 4.32. The van der Waals surface area contributed by atoms with Gasteiger partial charge in [0.1, 0.15) is 0 Å². The number of likely N-dealkylation sites (N-methyl/N-ethyl adjacent to an activating group) is 1. The van der Waals surface area contributed by atoms with Crippen LogP contribution in [0.3, 0.4) is 0 Å². The molecule has 96 valence electrons. The molecule has 0 bridgehead atoms. The van der Waals surface area contributed by atoms with E-state index in [1.165, 1.54) is 0 Å². The first-order valence-electron chi connectivity index (χ1n) is 6.21. The molecule has 0 aliphatic heterocycles. The van der Waals surface area contributed by atoms with Crippen LogP contribution in [0.25, 0.3) is 0 Å². The second-order valence-corrected chi connectivity index (χ2v) is 4.40. The van der Waals surface area contributed by atoms with Crippen LogP contribution in [0.4, 0.5) is 0 Å². The summed E-state index contributed by atoms with van der Waals surface area (Å²) in [6.07, 6.45) is 1.97. The molecule has 16 heavy (non-hydrogen) atoms. The van der Waals surface area contributed by atoms with Crippen LogP contribution in [0.15, 0.2) is 12.7 Å². The molecule has 0 fully saturated rings. The summed E-state index contributed by atoms with van der Waals surface area (Å²) in [5.41, 5.74) is 0. The van der Waals surface area contributed by atoms with Crippen molar-refractivity contribution in [1.82, 2.24) is 10.2 Å². The number of nitrogens with one attached hydrogen (secondary N) is 1. The van der Waals surface area contributed by atoms with Gasteiger partial charge in [0.25, 0.3) is 0 Å². The van der Waals surface area contributed by atoms with Gasteiger partial charge in [0.15, 0.2) is 0 Å². The lowest BCUT2D eigenvalue weighted by atomic mass is 10.0. The number of nitrogens with zero attached hydrogens (tertiary/aromatic N) is 1. The fourth-order valence-corrected chi connectivity index (χ4v) is 1.85. The van der Waals surface area contributed by atoms with Crippen LogP contribution in [0.2, 0.25) is 0 Å². The van der Waals surface area contributed by atoms with Crippen molar-refractivity contribution in [3.8, 4) is 0 Å². The number of ether oxygens (including phenoxy) is 1. The molecule has 0 aliphatic carbocycles. The zero-order chi connectivity index (χ0) is 12.4. The largest absolute Gasteiger partial charge is 0.383 e. The molecule has 0 saturated heterocycles. The van der Waals surface area contributed by atoms with Gasteiger partial charge < -0.3 is 10.1 Å². The van der Waals surface area contributed by atoms with Gasteiger partial charge in [0.05, 0.1) is 6.61 Å². The average Bonchev–Trinajstić information content (AvgIpc) is 2.25. The van der Waals surface area contributed by atoms with Crippen molar-refractivity contribution < 1.29 is 4.74 Å². The zero-order valence-corrected chi connectivity index (χ0v) is 11.3. The lowest BCUT2D eigenvalue weighted by Gasteiger charge is -2.33. The summed E-state index contributed by atoms with van der Waals surface area (Å²) in [6, 6.07) is 0.549. The third kappa shape index (κ3) is 6.26. The smallest absolute Gasteiger partial charge is 0.0589 e. The van der Waals surface area contributed by atoms with Crippen molar-refractivity contribution in [2.45, 2.75) is 26.8 Å².